The van der Waals surface area contributed by atoms with Gasteiger partial charge in [-0.05, 0) is 49.2 Å². The van der Waals surface area contributed by atoms with E-state index in [9.17, 15) is 4.39 Å². The first kappa shape index (κ1) is 15.8. The van der Waals surface area contributed by atoms with Gasteiger partial charge in [0.2, 0.25) is 0 Å². The summed E-state index contributed by atoms with van der Waals surface area (Å²) in [7, 11) is 0. The molecule has 1 heterocycles. The summed E-state index contributed by atoms with van der Waals surface area (Å²) < 4.78 is 13.9. The fourth-order valence-electron chi connectivity index (χ4n) is 2.01. The molecule has 0 aliphatic rings. The van der Waals surface area contributed by atoms with Gasteiger partial charge in [-0.1, -0.05) is 36.2 Å². The van der Waals surface area contributed by atoms with Crippen molar-refractivity contribution < 1.29 is 4.39 Å². The molecule has 5 heteroatoms. The number of hydrogen-bond donors (Lipinski definition) is 1. The smallest absolute Gasteiger partial charge is 0.124 e. The van der Waals surface area contributed by atoms with Gasteiger partial charge in [-0.3, -0.25) is 0 Å². The number of nitrogens with one attached hydrogen (secondary N) is 1. The van der Waals surface area contributed by atoms with Gasteiger partial charge in [0.1, 0.15) is 5.82 Å². The van der Waals surface area contributed by atoms with Crippen LogP contribution in [0.25, 0.3) is 0 Å². The van der Waals surface area contributed by atoms with Gasteiger partial charge < -0.3 is 5.32 Å². The van der Waals surface area contributed by atoms with Crippen molar-refractivity contribution in [2.45, 2.75) is 25.8 Å². The SMILES string of the molecule is CCCNC(Cc1ccc(F)cc1Cl)c1ccc(Cl)s1. The molecule has 1 N–H and O–H groups in total. The second-order valence-electron chi connectivity index (χ2n) is 4.59. The first-order valence-electron chi connectivity index (χ1n) is 6.52. The molecular weight excluding hydrogens is 316 g/mol. The van der Waals surface area contributed by atoms with E-state index in [2.05, 4.69) is 12.2 Å². The normalized spacial score (nSPS) is 12.6. The highest BCUT2D eigenvalue weighted by molar-refractivity contribution is 7.16. The monoisotopic (exact) mass is 331 g/mol. The van der Waals surface area contributed by atoms with E-state index < -0.39 is 0 Å². The summed E-state index contributed by atoms with van der Waals surface area (Å²) in [5, 5.41) is 3.96. The molecule has 0 aliphatic carbocycles. The van der Waals surface area contributed by atoms with Crippen LogP contribution < -0.4 is 5.32 Å². The molecule has 0 saturated carbocycles. The zero-order valence-corrected chi connectivity index (χ0v) is 13.5. The molecule has 1 atom stereocenters. The lowest BCUT2D eigenvalue weighted by Gasteiger charge is -2.18. The molecule has 0 radical (unpaired) electrons. The van der Waals surface area contributed by atoms with E-state index >= 15 is 0 Å². The van der Waals surface area contributed by atoms with Crippen molar-refractivity contribution >= 4 is 34.5 Å². The Balaban J connectivity index is 2.18. The van der Waals surface area contributed by atoms with Crippen LogP contribution in [-0.2, 0) is 6.42 Å². The van der Waals surface area contributed by atoms with Crippen LogP contribution in [0.1, 0.15) is 29.8 Å². The van der Waals surface area contributed by atoms with Gasteiger partial charge in [0, 0.05) is 15.9 Å². The van der Waals surface area contributed by atoms with Crippen LogP contribution in [0.2, 0.25) is 9.36 Å². The van der Waals surface area contributed by atoms with Gasteiger partial charge in [0.15, 0.2) is 0 Å². The third kappa shape index (κ3) is 4.19. The molecule has 0 spiro atoms. The highest BCUT2D eigenvalue weighted by Crippen LogP contribution is 2.30. The minimum Gasteiger partial charge on any atom is -0.309 e. The van der Waals surface area contributed by atoms with E-state index in [4.69, 9.17) is 23.2 Å². The summed E-state index contributed by atoms with van der Waals surface area (Å²) in [5.74, 6) is -0.309. The maximum Gasteiger partial charge on any atom is 0.124 e. The van der Waals surface area contributed by atoms with Crippen molar-refractivity contribution in [1.82, 2.24) is 5.32 Å². The molecule has 0 fully saturated rings. The fraction of sp³-hybridized carbons (Fsp3) is 0.333. The number of halogens is 3. The minimum absolute atomic E-state index is 0.149. The number of thiophene rings is 1. The van der Waals surface area contributed by atoms with E-state index in [-0.39, 0.29) is 11.9 Å². The predicted molar refractivity (Wildman–Crippen MR) is 85.5 cm³/mol. The van der Waals surface area contributed by atoms with Crippen molar-refractivity contribution in [1.29, 1.82) is 0 Å². The number of rotatable bonds is 6. The maximum absolute atomic E-state index is 13.1. The fourth-order valence-corrected chi connectivity index (χ4v) is 3.40. The van der Waals surface area contributed by atoms with Crippen LogP contribution in [-0.4, -0.2) is 6.54 Å². The third-order valence-corrected chi connectivity index (χ3v) is 4.71. The van der Waals surface area contributed by atoms with Crippen LogP contribution in [0.4, 0.5) is 4.39 Å². The van der Waals surface area contributed by atoms with E-state index in [0.29, 0.717) is 5.02 Å². The Bertz CT molecular complexity index is 571. The van der Waals surface area contributed by atoms with Gasteiger partial charge >= 0.3 is 0 Å². The van der Waals surface area contributed by atoms with Gasteiger partial charge in [-0.25, -0.2) is 4.39 Å². The quantitative estimate of drug-likeness (QED) is 0.739. The molecule has 108 valence electrons. The highest BCUT2D eigenvalue weighted by Gasteiger charge is 2.15. The van der Waals surface area contributed by atoms with Crippen LogP contribution >= 0.6 is 34.5 Å². The van der Waals surface area contributed by atoms with Crippen molar-refractivity contribution in [3.05, 3.63) is 55.9 Å². The summed E-state index contributed by atoms with van der Waals surface area (Å²) in [6.45, 7) is 3.04. The van der Waals surface area contributed by atoms with E-state index in [0.717, 1.165) is 29.3 Å². The van der Waals surface area contributed by atoms with Crippen molar-refractivity contribution in [2.24, 2.45) is 0 Å². The van der Waals surface area contributed by atoms with Crippen LogP contribution in [0, 0.1) is 5.82 Å². The second kappa shape index (κ2) is 7.41. The van der Waals surface area contributed by atoms with Gasteiger partial charge in [0.05, 0.1) is 4.34 Å². The number of hydrogen-bond acceptors (Lipinski definition) is 2. The molecule has 20 heavy (non-hydrogen) atoms. The minimum atomic E-state index is -0.309. The zero-order valence-electron chi connectivity index (χ0n) is 11.1. The first-order valence-corrected chi connectivity index (χ1v) is 8.10. The summed E-state index contributed by atoms with van der Waals surface area (Å²) in [5.41, 5.74) is 0.936. The Morgan fingerprint density at radius 3 is 2.65 bits per heavy atom. The molecule has 2 rings (SSSR count). The lowest BCUT2D eigenvalue weighted by molar-refractivity contribution is 0.536. The predicted octanol–water partition coefficient (Wildman–Crippen LogP) is 5.48. The van der Waals surface area contributed by atoms with Crippen LogP contribution in [0.5, 0.6) is 0 Å². The third-order valence-electron chi connectivity index (χ3n) is 3.02. The lowest BCUT2D eigenvalue weighted by atomic mass is 10.0. The maximum atomic E-state index is 13.1. The Hall–Kier alpha value is -0.610. The average molecular weight is 332 g/mol. The molecule has 0 saturated heterocycles. The summed E-state index contributed by atoms with van der Waals surface area (Å²) in [6.07, 6.45) is 1.77. The standard InChI is InChI=1S/C15H16Cl2FNS/c1-2-7-19-13(14-5-6-15(17)20-14)8-10-3-4-11(18)9-12(10)16/h3-6,9,13,19H,2,7-8H2,1H3. The molecule has 1 aromatic carbocycles. The molecule has 0 aliphatic heterocycles. The molecule has 1 aromatic heterocycles. The Kier molecular flexibility index (Phi) is 5.85. The van der Waals surface area contributed by atoms with Gasteiger partial charge in [-0.15, -0.1) is 11.3 Å². The zero-order chi connectivity index (χ0) is 14.5. The summed E-state index contributed by atoms with van der Waals surface area (Å²) >= 11 is 13.7. The van der Waals surface area contributed by atoms with Crippen molar-refractivity contribution in [2.75, 3.05) is 6.54 Å². The van der Waals surface area contributed by atoms with Crippen molar-refractivity contribution in [3.8, 4) is 0 Å². The largest absolute Gasteiger partial charge is 0.309 e. The average Bonchev–Trinajstić information content (AvgIpc) is 2.83. The molecule has 0 bridgehead atoms. The topological polar surface area (TPSA) is 12.0 Å². The Labute approximate surface area is 132 Å². The number of benzene rings is 1. The molecular formula is C15H16Cl2FNS. The summed E-state index contributed by atoms with van der Waals surface area (Å²) in [4.78, 5) is 1.17. The second-order valence-corrected chi connectivity index (χ2v) is 6.74. The van der Waals surface area contributed by atoms with Crippen LogP contribution in [0.15, 0.2) is 30.3 Å². The molecule has 1 unspecified atom stereocenters. The highest BCUT2D eigenvalue weighted by atomic mass is 35.5. The van der Waals surface area contributed by atoms with Gasteiger partial charge in [0.25, 0.3) is 0 Å². The summed E-state index contributed by atoms with van der Waals surface area (Å²) in [6, 6.07) is 8.62. The Morgan fingerprint density at radius 1 is 1.25 bits per heavy atom. The van der Waals surface area contributed by atoms with E-state index in [1.165, 1.54) is 17.0 Å². The molecule has 2 aromatic rings. The van der Waals surface area contributed by atoms with Gasteiger partial charge in [-0.2, -0.15) is 0 Å². The molecule has 0 amide bonds. The first-order chi connectivity index (χ1) is 9.60. The Morgan fingerprint density at radius 2 is 2.05 bits per heavy atom. The van der Waals surface area contributed by atoms with E-state index in [1.807, 2.05) is 12.1 Å². The van der Waals surface area contributed by atoms with Crippen LogP contribution in [0.3, 0.4) is 0 Å². The van der Waals surface area contributed by atoms with E-state index in [1.54, 1.807) is 17.4 Å². The van der Waals surface area contributed by atoms with Crippen molar-refractivity contribution in [3.63, 3.8) is 0 Å². The molecule has 1 nitrogen and oxygen atoms in total. The lowest BCUT2D eigenvalue weighted by Crippen LogP contribution is -2.23.